The van der Waals surface area contributed by atoms with Gasteiger partial charge in [0.15, 0.2) is 0 Å². The maximum atomic E-state index is 13.0. The summed E-state index contributed by atoms with van der Waals surface area (Å²) in [6.45, 7) is 5.01. The molecule has 2 atom stereocenters. The molecule has 154 valence electrons. The minimum atomic E-state index is -3.70. The highest BCUT2D eigenvalue weighted by Gasteiger charge is 2.32. The summed E-state index contributed by atoms with van der Waals surface area (Å²) in [6, 6.07) is 11.6. The Labute approximate surface area is 170 Å². The summed E-state index contributed by atoms with van der Waals surface area (Å²) in [5, 5.41) is 0. The zero-order valence-electron chi connectivity index (χ0n) is 16.4. The molecule has 0 bridgehead atoms. The number of nitrogens with zero attached hydrogens (tertiary/aromatic N) is 1. The van der Waals surface area contributed by atoms with Crippen molar-refractivity contribution in [1.29, 1.82) is 0 Å². The Bertz CT molecular complexity index is 1010. The second-order valence-electron chi connectivity index (χ2n) is 7.57. The van der Waals surface area contributed by atoms with E-state index in [2.05, 4.69) is 0 Å². The molecule has 2 aromatic carbocycles. The lowest BCUT2D eigenvalue weighted by Gasteiger charge is -2.34. The Morgan fingerprint density at radius 1 is 1.00 bits per heavy atom. The van der Waals surface area contributed by atoms with Gasteiger partial charge in [0, 0.05) is 18.7 Å². The Kier molecular flexibility index (Phi) is 6.04. The normalized spacial score (nSPS) is 20.2. The number of primary amides is 1. The van der Waals surface area contributed by atoms with Crippen molar-refractivity contribution in [2.24, 2.45) is 17.6 Å². The zero-order chi connectivity index (χ0) is 21.2. The molecule has 2 N–H and O–H groups in total. The second-order valence-corrected chi connectivity index (χ2v) is 9.51. The monoisotopic (exact) mass is 416 g/mol. The number of rotatable bonds is 5. The highest BCUT2D eigenvalue weighted by molar-refractivity contribution is 7.89. The SMILES string of the molecule is C[C@@H]1C[C@H](C)CN(S(=O)(=O)c2cccc(C(=O)Oc3ccc(C(N)=O)cc3)c2)C1. The number of ether oxygens (including phenoxy) is 1. The minimum Gasteiger partial charge on any atom is -0.423 e. The fourth-order valence-electron chi connectivity index (χ4n) is 3.59. The van der Waals surface area contributed by atoms with Gasteiger partial charge in [-0.25, -0.2) is 13.2 Å². The van der Waals surface area contributed by atoms with Gasteiger partial charge in [-0.1, -0.05) is 19.9 Å². The largest absolute Gasteiger partial charge is 0.423 e. The van der Waals surface area contributed by atoms with Gasteiger partial charge in [0.25, 0.3) is 0 Å². The topological polar surface area (TPSA) is 107 Å². The van der Waals surface area contributed by atoms with Crippen LogP contribution in [0, 0.1) is 11.8 Å². The number of esters is 1. The number of sulfonamides is 1. The van der Waals surface area contributed by atoms with Gasteiger partial charge in [-0.2, -0.15) is 4.31 Å². The highest BCUT2D eigenvalue weighted by atomic mass is 32.2. The minimum absolute atomic E-state index is 0.0670. The Balaban J connectivity index is 1.79. The van der Waals surface area contributed by atoms with Crippen LogP contribution in [0.2, 0.25) is 0 Å². The predicted octanol–water partition coefficient (Wildman–Crippen LogP) is 2.67. The molecule has 2 aromatic rings. The van der Waals surface area contributed by atoms with E-state index in [0.717, 1.165) is 6.42 Å². The molecule has 0 unspecified atom stereocenters. The Morgan fingerprint density at radius 2 is 1.62 bits per heavy atom. The fourth-order valence-corrected chi connectivity index (χ4v) is 5.31. The van der Waals surface area contributed by atoms with Crippen LogP contribution >= 0.6 is 0 Å². The molecule has 7 nitrogen and oxygen atoms in total. The summed E-state index contributed by atoms with van der Waals surface area (Å²) in [7, 11) is -3.70. The first-order valence-electron chi connectivity index (χ1n) is 9.39. The van der Waals surface area contributed by atoms with E-state index in [1.165, 1.54) is 52.8 Å². The summed E-state index contributed by atoms with van der Waals surface area (Å²) in [5.41, 5.74) is 5.61. The van der Waals surface area contributed by atoms with Crippen molar-refractivity contribution in [2.75, 3.05) is 13.1 Å². The molecule has 0 spiro atoms. The molecule has 1 aliphatic rings. The van der Waals surface area contributed by atoms with Crippen molar-refractivity contribution in [2.45, 2.75) is 25.2 Å². The molecule has 1 aliphatic heterocycles. The van der Waals surface area contributed by atoms with Gasteiger partial charge < -0.3 is 10.5 Å². The van der Waals surface area contributed by atoms with E-state index >= 15 is 0 Å². The lowest BCUT2D eigenvalue weighted by atomic mass is 9.94. The molecular formula is C21H24N2O5S. The summed E-state index contributed by atoms with van der Waals surface area (Å²) in [6.07, 6.45) is 0.993. The molecule has 0 radical (unpaired) electrons. The lowest BCUT2D eigenvalue weighted by Crippen LogP contribution is -2.42. The first-order valence-corrected chi connectivity index (χ1v) is 10.8. The van der Waals surface area contributed by atoms with Crippen molar-refractivity contribution < 1.29 is 22.7 Å². The van der Waals surface area contributed by atoms with Gasteiger partial charge >= 0.3 is 5.97 Å². The molecule has 3 rings (SSSR count). The summed E-state index contributed by atoms with van der Waals surface area (Å²) in [4.78, 5) is 23.6. The third kappa shape index (κ3) is 4.83. The average Bonchev–Trinajstić information content (AvgIpc) is 2.67. The van der Waals surface area contributed by atoms with Crippen LogP contribution in [0.15, 0.2) is 53.4 Å². The molecule has 1 saturated heterocycles. The molecule has 29 heavy (non-hydrogen) atoms. The van der Waals surface area contributed by atoms with Crippen molar-refractivity contribution in [3.63, 3.8) is 0 Å². The summed E-state index contributed by atoms with van der Waals surface area (Å²) < 4.78 is 32.9. The maximum absolute atomic E-state index is 13.0. The zero-order valence-corrected chi connectivity index (χ0v) is 17.2. The van der Waals surface area contributed by atoms with Gasteiger partial charge in [0.1, 0.15) is 5.75 Å². The van der Waals surface area contributed by atoms with Crippen LogP contribution in [-0.4, -0.2) is 37.7 Å². The molecule has 1 heterocycles. The first-order chi connectivity index (χ1) is 13.7. The standard InChI is InChI=1S/C21H24N2O5S/c1-14-10-15(2)13-23(12-14)29(26,27)19-5-3-4-17(11-19)21(25)28-18-8-6-16(7-9-18)20(22)24/h3-9,11,14-15H,10,12-13H2,1-2H3,(H2,22,24)/t14-,15+. The lowest BCUT2D eigenvalue weighted by molar-refractivity contribution is 0.0734. The maximum Gasteiger partial charge on any atom is 0.343 e. The number of carbonyl (C=O) groups is 2. The van der Waals surface area contributed by atoms with Crippen molar-refractivity contribution in [1.82, 2.24) is 4.31 Å². The number of amides is 1. The Morgan fingerprint density at radius 3 is 2.21 bits per heavy atom. The molecule has 1 amide bonds. The Hall–Kier alpha value is -2.71. The molecule has 1 fully saturated rings. The third-order valence-corrected chi connectivity index (χ3v) is 6.72. The average molecular weight is 416 g/mol. The van der Waals surface area contributed by atoms with E-state index in [0.29, 0.717) is 18.7 Å². The quantitative estimate of drug-likeness (QED) is 0.596. The van der Waals surface area contributed by atoms with E-state index in [1.54, 1.807) is 0 Å². The van der Waals surface area contributed by atoms with Crippen LogP contribution in [0.25, 0.3) is 0 Å². The van der Waals surface area contributed by atoms with Gasteiger partial charge in [-0.3, -0.25) is 4.79 Å². The van der Waals surface area contributed by atoms with E-state index in [4.69, 9.17) is 10.5 Å². The molecular weight excluding hydrogens is 392 g/mol. The van der Waals surface area contributed by atoms with Crippen LogP contribution in [0.5, 0.6) is 5.75 Å². The number of carbonyl (C=O) groups excluding carboxylic acids is 2. The second kappa shape index (κ2) is 8.34. The van der Waals surface area contributed by atoms with E-state index in [-0.39, 0.29) is 28.0 Å². The van der Waals surface area contributed by atoms with Gasteiger partial charge in [0.05, 0.1) is 10.5 Å². The van der Waals surface area contributed by atoms with Crippen molar-refractivity contribution >= 4 is 21.9 Å². The number of nitrogens with two attached hydrogens (primary N) is 1. The number of benzene rings is 2. The van der Waals surface area contributed by atoms with Gasteiger partial charge in [-0.05, 0) is 60.7 Å². The number of hydrogen-bond donors (Lipinski definition) is 1. The van der Waals surface area contributed by atoms with Gasteiger partial charge in [-0.15, -0.1) is 0 Å². The first kappa shape index (κ1) is 21.0. The van der Waals surface area contributed by atoms with Crippen LogP contribution in [0.4, 0.5) is 0 Å². The van der Waals surface area contributed by atoms with Crippen molar-refractivity contribution in [3.05, 3.63) is 59.7 Å². The molecule has 0 saturated carbocycles. The van der Waals surface area contributed by atoms with Crippen LogP contribution < -0.4 is 10.5 Å². The van der Waals surface area contributed by atoms with E-state index < -0.39 is 21.9 Å². The van der Waals surface area contributed by atoms with Crippen LogP contribution in [-0.2, 0) is 10.0 Å². The summed E-state index contributed by atoms with van der Waals surface area (Å²) >= 11 is 0. The van der Waals surface area contributed by atoms with E-state index in [1.807, 2.05) is 13.8 Å². The van der Waals surface area contributed by atoms with Crippen LogP contribution in [0.1, 0.15) is 41.0 Å². The highest BCUT2D eigenvalue weighted by Crippen LogP contribution is 2.27. The molecule has 0 aromatic heterocycles. The van der Waals surface area contributed by atoms with Gasteiger partial charge in [0.2, 0.25) is 15.9 Å². The molecule has 8 heteroatoms. The fraction of sp³-hybridized carbons (Fsp3) is 0.333. The number of hydrogen-bond acceptors (Lipinski definition) is 5. The van der Waals surface area contributed by atoms with Crippen molar-refractivity contribution in [3.8, 4) is 5.75 Å². The number of piperidine rings is 1. The van der Waals surface area contributed by atoms with E-state index in [9.17, 15) is 18.0 Å². The molecule has 0 aliphatic carbocycles. The van der Waals surface area contributed by atoms with Crippen LogP contribution in [0.3, 0.4) is 0 Å². The summed E-state index contributed by atoms with van der Waals surface area (Å²) in [5.74, 6) is -0.474. The smallest absolute Gasteiger partial charge is 0.343 e. The predicted molar refractivity (Wildman–Crippen MR) is 108 cm³/mol. The third-order valence-electron chi connectivity index (χ3n) is 4.89.